The predicted molar refractivity (Wildman–Crippen MR) is 98.7 cm³/mol. The molecule has 134 valence electrons. The van der Waals surface area contributed by atoms with Crippen molar-refractivity contribution in [3.05, 3.63) is 35.2 Å². The molecule has 1 aliphatic carbocycles. The first-order valence-electron chi connectivity index (χ1n) is 8.47. The molecule has 0 bridgehead atoms. The number of nitriles is 1. The third-order valence-electron chi connectivity index (χ3n) is 4.76. The number of aryl methyl sites for hydroxylation is 1. The molecule has 0 aliphatic heterocycles. The Balaban J connectivity index is 2.12. The second-order valence-electron chi connectivity index (χ2n) is 6.79. The highest BCUT2D eigenvalue weighted by molar-refractivity contribution is 5.79. The van der Waals surface area contributed by atoms with Gasteiger partial charge in [0.15, 0.2) is 0 Å². The van der Waals surface area contributed by atoms with Crippen molar-refractivity contribution in [3.63, 3.8) is 0 Å². The second kappa shape index (κ2) is 7.00. The van der Waals surface area contributed by atoms with E-state index < -0.39 is 5.97 Å². The first-order chi connectivity index (χ1) is 12.4. The van der Waals surface area contributed by atoms with Crippen LogP contribution in [0, 0.1) is 17.2 Å². The first-order valence-corrected chi connectivity index (χ1v) is 8.47. The molecule has 0 saturated carbocycles. The lowest BCUT2D eigenvalue weighted by atomic mass is 9.80. The summed E-state index contributed by atoms with van der Waals surface area (Å²) >= 11 is 0. The summed E-state index contributed by atoms with van der Waals surface area (Å²) in [5.41, 5.74) is 9.68. The fourth-order valence-corrected chi connectivity index (χ4v) is 3.50. The van der Waals surface area contributed by atoms with Crippen LogP contribution in [0.2, 0.25) is 0 Å². The van der Waals surface area contributed by atoms with Crippen LogP contribution >= 0.6 is 0 Å². The molecule has 0 amide bonds. The van der Waals surface area contributed by atoms with Crippen molar-refractivity contribution in [1.82, 2.24) is 9.97 Å². The summed E-state index contributed by atoms with van der Waals surface area (Å²) in [4.78, 5) is 21.9. The fraction of sp³-hybridized carbons (Fsp3) is 0.368. The Morgan fingerprint density at radius 3 is 2.81 bits per heavy atom. The molecule has 0 spiro atoms. The van der Waals surface area contributed by atoms with Gasteiger partial charge in [0.1, 0.15) is 23.3 Å². The molecule has 2 aromatic rings. The number of hydrogen-bond acceptors (Lipinski definition) is 6. The second-order valence-corrected chi connectivity index (χ2v) is 6.79. The molecular weight excluding hydrogens is 330 g/mol. The van der Waals surface area contributed by atoms with Gasteiger partial charge in [-0.25, -0.2) is 9.97 Å². The van der Waals surface area contributed by atoms with Gasteiger partial charge in [0, 0.05) is 43.5 Å². The minimum Gasteiger partial charge on any atom is -0.481 e. The zero-order valence-corrected chi connectivity index (χ0v) is 14.9. The molecule has 3 rings (SSSR count). The maximum absolute atomic E-state index is 11.1. The summed E-state index contributed by atoms with van der Waals surface area (Å²) in [6, 6.07) is 5.97. The summed E-state index contributed by atoms with van der Waals surface area (Å²) in [6.45, 7) is 0. The quantitative estimate of drug-likeness (QED) is 0.867. The number of aliphatic carboxylic acids is 1. The number of fused-ring (bicyclic) bond motifs is 1. The number of pyridine rings is 2. The number of carboxylic acids is 1. The van der Waals surface area contributed by atoms with Crippen LogP contribution in [-0.4, -0.2) is 35.1 Å². The number of nitrogen functional groups attached to an aromatic ring is 1. The van der Waals surface area contributed by atoms with Crippen molar-refractivity contribution < 1.29 is 9.90 Å². The molecule has 2 aromatic heterocycles. The molecule has 2 heterocycles. The molecule has 3 N–H and O–H groups in total. The van der Waals surface area contributed by atoms with Crippen LogP contribution in [0.5, 0.6) is 0 Å². The van der Waals surface area contributed by atoms with E-state index in [0.717, 1.165) is 34.6 Å². The largest absolute Gasteiger partial charge is 0.481 e. The number of aromatic nitrogens is 2. The number of hydrogen-bond donors (Lipinski definition) is 2. The highest BCUT2D eigenvalue weighted by atomic mass is 16.4. The van der Waals surface area contributed by atoms with Gasteiger partial charge in [0.2, 0.25) is 0 Å². The summed E-state index contributed by atoms with van der Waals surface area (Å²) in [5, 5.41) is 18.7. The average molecular weight is 351 g/mol. The van der Waals surface area contributed by atoms with E-state index >= 15 is 0 Å². The summed E-state index contributed by atoms with van der Waals surface area (Å²) in [7, 11) is 3.82. The van der Waals surface area contributed by atoms with Crippen molar-refractivity contribution in [2.75, 3.05) is 24.7 Å². The fourth-order valence-electron chi connectivity index (χ4n) is 3.50. The smallest absolute Gasteiger partial charge is 0.303 e. The highest BCUT2D eigenvalue weighted by Gasteiger charge is 2.27. The molecule has 0 saturated heterocycles. The van der Waals surface area contributed by atoms with Gasteiger partial charge in [0.05, 0.1) is 0 Å². The minimum absolute atomic E-state index is 0.0322. The number of carboxylic acid groups (broad SMARTS) is 1. The van der Waals surface area contributed by atoms with Crippen molar-refractivity contribution in [2.24, 2.45) is 5.92 Å². The molecule has 0 radical (unpaired) electrons. The number of anilines is 2. The van der Waals surface area contributed by atoms with E-state index in [2.05, 4.69) is 16.0 Å². The van der Waals surface area contributed by atoms with Crippen LogP contribution in [0.3, 0.4) is 0 Å². The van der Waals surface area contributed by atoms with E-state index in [1.165, 1.54) is 0 Å². The minimum atomic E-state index is -0.805. The van der Waals surface area contributed by atoms with Gasteiger partial charge in [-0.3, -0.25) is 4.79 Å². The average Bonchev–Trinajstić information content (AvgIpc) is 2.60. The SMILES string of the molecule is CN(C)c1ccc(-c2c(C#N)c(N)nc3c2CC(CC(=O)O)CC3)cn1. The normalized spacial score (nSPS) is 15.8. The Bertz CT molecular complexity index is 884. The maximum Gasteiger partial charge on any atom is 0.303 e. The lowest BCUT2D eigenvalue weighted by molar-refractivity contribution is -0.138. The molecular formula is C19H21N5O2. The molecule has 0 fully saturated rings. The molecule has 1 aliphatic rings. The van der Waals surface area contributed by atoms with Crippen LogP contribution in [0.15, 0.2) is 18.3 Å². The van der Waals surface area contributed by atoms with Gasteiger partial charge < -0.3 is 15.7 Å². The Kier molecular flexibility index (Phi) is 4.76. The van der Waals surface area contributed by atoms with E-state index in [9.17, 15) is 10.1 Å². The van der Waals surface area contributed by atoms with Crippen LogP contribution < -0.4 is 10.6 Å². The van der Waals surface area contributed by atoms with E-state index in [0.29, 0.717) is 18.4 Å². The van der Waals surface area contributed by atoms with E-state index in [1.807, 2.05) is 31.1 Å². The van der Waals surface area contributed by atoms with E-state index in [-0.39, 0.29) is 18.2 Å². The molecule has 26 heavy (non-hydrogen) atoms. The van der Waals surface area contributed by atoms with Crippen molar-refractivity contribution in [3.8, 4) is 17.2 Å². The molecule has 1 atom stereocenters. The molecule has 1 unspecified atom stereocenters. The highest BCUT2D eigenvalue weighted by Crippen LogP contribution is 2.38. The molecule has 0 aromatic carbocycles. The molecule has 7 nitrogen and oxygen atoms in total. The van der Waals surface area contributed by atoms with Crippen LogP contribution in [0.25, 0.3) is 11.1 Å². The topological polar surface area (TPSA) is 116 Å². The summed E-state index contributed by atoms with van der Waals surface area (Å²) < 4.78 is 0. The number of nitrogens with two attached hydrogens (primary N) is 1. The Hall–Kier alpha value is -3.14. The standard InChI is InChI=1S/C19H21N5O2/c1-24(2)16-6-4-12(10-22-16)18-13-7-11(8-17(25)26)3-5-15(13)23-19(21)14(18)9-20/h4,6,10-11H,3,5,7-8H2,1-2H3,(H2,21,23)(H,25,26). The Labute approximate surface area is 152 Å². The maximum atomic E-state index is 11.1. The zero-order chi connectivity index (χ0) is 18.8. The number of carbonyl (C=O) groups is 1. The molecule has 7 heteroatoms. The van der Waals surface area contributed by atoms with Gasteiger partial charge in [0.25, 0.3) is 0 Å². The lowest BCUT2D eigenvalue weighted by Crippen LogP contribution is -2.21. The zero-order valence-electron chi connectivity index (χ0n) is 14.9. The monoisotopic (exact) mass is 351 g/mol. The Morgan fingerprint density at radius 1 is 1.46 bits per heavy atom. The number of rotatable bonds is 4. The van der Waals surface area contributed by atoms with Gasteiger partial charge in [-0.1, -0.05) is 0 Å². The van der Waals surface area contributed by atoms with Crippen molar-refractivity contribution in [1.29, 1.82) is 5.26 Å². The van der Waals surface area contributed by atoms with E-state index in [4.69, 9.17) is 10.8 Å². The van der Waals surface area contributed by atoms with Crippen molar-refractivity contribution in [2.45, 2.75) is 25.7 Å². The predicted octanol–water partition coefficient (Wildman–Crippen LogP) is 2.24. The lowest BCUT2D eigenvalue weighted by Gasteiger charge is -2.26. The van der Waals surface area contributed by atoms with Crippen LogP contribution in [-0.2, 0) is 17.6 Å². The first kappa shape index (κ1) is 17.7. The van der Waals surface area contributed by atoms with Gasteiger partial charge >= 0.3 is 5.97 Å². The third kappa shape index (κ3) is 3.31. The van der Waals surface area contributed by atoms with Gasteiger partial charge in [-0.05, 0) is 42.9 Å². The van der Waals surface area contributed by atoms with E-state index in [1.54, 1.807) is 6.20 Å². The van der Waals surface area contributed by atoms with Gasteiger partial charge in [-0.2, -0.15) is 5.26 Å². The van der Waals surface area contributed by atoms with Crippen LogP contribution in [0.1, 0.15) is 29.7 Å². The Morgan fingerprint density at radius 2 is 2.23 bits per heavy atom. The van der Waals surface area contributed by atoms with Gasteiger partial charge in [-0.15, -0.1) is 0 Å². The third-order valence-corrected chi connectivity index (χ3v) is 4.76. The number of nitrogens with zero attached hydrogens (tertiary/aromatic N) is 4. The van der Waals surface area contributed by atoms with Crippen LogP contribution in [0.4, 0.5) is 11.6 Å². The van der Waals surface area contributed by atoms with Crippen molar-refractivity contribution >= 4 is 17.6 Å². The summed E-state index contributed by atoms with van der Waals surface area (Å²) in [5.74, 6) is 0.257. The summed E-state index contributed by atoms with van der Waals surface area (Å²) in [6.07, 6.45) is 3.84.